The number of pyridine rings is 1. The number of rotatable bonds is 1. The van der Waals surface area contributed by atoms with Crippen molar-refractivity contribution in [3.05, 3.63) is 23.4 Å². The summed E-state index contributed by atoms with van der Waals surface area (Å²) >= 11 is 5.89. The van der Waals surface area contributed by atoms with E-state index < -0.39 is 0 Å². The first-order chi connectivity index (χ1) is 8.24. The van der Waals surface area contributed by atoms with E-state index in [1.165, 1.54) is 19.4 Å². The molecule has 3 rings (SSSR count). The van der Waals surface area contributed by atoms with Gasteiger partial charge in [-0.2, -0.15) is 0 Å². The molecule has 2 aliphatic heterocycles. The van der Waals surface area contributed by atoms with Gasteiger partial charge in [0.25, 0.3) is 0 Å². The zero-order valence-electron chi connectivity index (χ0n) is 10.1. The number of hydrogen-bond acceptors (Lipinski definition) is 3. The van der Waals surface area contributed by atoms with Gasteiger partial charge < -0.3 is 4.90 Å². The van der Waals surface area contributed by atoms with Crippen molar-refractivity contribution in [2.75, 3.05) is 24.5 Å². The molecule has 17 heavy (non-hydrogen) atoms. The van der Waals surface area contributed by atoms with E-state index in [1.54, 1.807) is 6.20 Å². The molecule has 0 aliphatic carbocycles. The average Bonchev–Trinajstić information content (AvgIpc) is 2.76. The van der Waals surface area contributed by atoms with Crippen LogP contribution in [0.25, 0.3) is 0 Å². The lowest BCUT2D eigenvalue weighted by Crippen LogP contribution is -2.55. The van der Waals surface area contributed by atoms with Crippen molar-refractivity contribution >= 4 is 17.4 Å². The van der Waals surface area contributed by atoms with Gasteiger partial charge in [0, 0.05) is 31.4 Å². The number of aromatic nitrogens is 1. The summed E-state index contributed by atoms with van der Waals surface area (Å²) in [5.74, 6) is 1.06. The summed E-state index contributed by atoms with van der Waals surface area (Å²) < 4.78 is 0. The fourth-order valence-electron chi connectivity index (χ4n) is 3.04. The summed E-state index contributed by atoms with van der Waals surface area (Å²) in [5.41, 5.74) is 0. The van der Waals surface area contributed by atoms with Gasteiger partial charge in [-0.3, -0.25) is 4.90 Å². The molecular weight excluding hydrogens is 234 g/mol. The van der Waals surface area contributed by atoms with E-state index in [9.17, 15) is 0 Å². The SMILES string of the molecule is CC1CN2CCCC2CN1c1ccc(Cl)cn1. The summed E-state index contributed by atoms with van der Waals surface area (Å²) in [6.07, 6.45) is 4.42. The van der Waals surface area contributed by atoms with Crippen LogP contribution < -0.4 is 4.90 Å². The minimum atomic E-state index is 0.540. The molecule has 0 spiro atoms. The van der Waals surface area contributed by atoms with E-state index in [0.29, 0.717) is 11.1 Å². The zero-order chi connectivity index (χ0) is 11.8. The Labute approximate surface area is 107 Å². The molecule has 4 heteroatoms. The molecule has 3 nitrogen and oxygen atoms in total. The van der Waals surface area contributed by atoms with Crippen LogP contribution in [0, 0.1) is 0 Å². The van der Waals surface area contributed by atoms with Crippen LogP contribution in [0.1, 0.15) is 19.8 Å². The minimum Gasteiger partial charge on any atom is -0.351 e. The second-order valence-corrected chi connectivity index (χ2v) is 5.56. The predicted molar refractivity (Wildman–Crippen MR) is 70.7 cm³/mol. The Morgan fingerprint density at radius 1 is 1.35 bits per heavy atom. The standard InChI is InChI=1S/C13H18ClN3/c1-10-8-16-6-2-3-12(16)9-17(10)13-5-4-11(14)7-15-13/h4-5,7,10,12H,2-3,6,8-9H2,1H3. The largest absolute Gasteiger partial charge is 0.351 e. The first-order valence-corrected chi connectivity index (χ1v) is 6.74. The van der Waals surface area contributed by atoms with Crippen molar-refractivity contribution in [2.24, 2.45) is 0 Å². The summed E-state index contributed by atoms with van der Waals surface area (Å²) in [6, 6.07) is 5.22. The third-order valence-electron chi connectivity index (χ3n) is 3.94. The maximum absolute atomic E-state index is 5.89. The summed E-state index contributed by atoms with van der Waals surface area (Å²) in [6.45, 7) is 5.83. The molecule has 2 aliphatic rings. The maximum atomic E-state index is 5.89. The molecule has 2 saturated heterocycles. The lowest BCUT2D eigenvalue weighted by Gasteiger charge is -2.43. The Kier molecular flexibility index (Phi) is 2.97. The van der Waals surface area contributed by atoms with Crippen LogP contribution in [0.15, 0.2) is 18.3 Å². The Hall–Kier alpha value is -0.800. The lowest BCUT2D eigenvalue weighted by atomic mass is 10.1. The van der Waals surface area contributed by atoms with Crippen molar-refractivity contribution in [3.8, 4) is 0 Å². The second kappa shape index (κ2) is 4.46. The molecule has 2 atom stereocenters. The number of piperazine rings is 1. The number of halogens is 1. The lowest BCUT2D eigenvalue weighted by molar-refractivity contribution is 0.202. The number of fused-ring (bicyclic) bond motifs is 1. The van der Waals surface area contributed by atoms with Crippen LogP contribution in [-0.2, 0) is 0 Å². The Morgan fingerprint density at radius 3 is 3.00 bits per heavy atom. The molecule has 2 fully saturated rings. The van der Waals surface area contributed by atoms with E-state index in [0.717, 1.165) is 24.9 Å². The molecule has 0 radical (unpaired) electrons. The van der Waals surface area contributed by atoms with Gasteiger partial charge in [0.15, 0.2) is 0 Å². The van der Waals surface area contributed by atoms with Crippen molar-refractivity contribution < 1.29 is 0 Å². The molecule has 1 aromatic heterocycles. The predicted octanol–water partition coefficient (Wildman–Crippen LogP) is 2.41. The van der Waals surface area contributed by atoms with E-state index in [-0.39, 0.29) is 0 Å². The third-order valence-corrected chi connectivity index (χ3v) is 4.17. The van der Waals surface area contributed by atoms with Crippen LogP contribution in [-0.4, -0.2) is 41.6 Å². The first-order valence-electron chi connectivity index (χ1n) is 6.36. The van der Waals surface area contributed by atoms with Crippen LogP contribution in [0.5, 0.6) is 0 Å². The first kappa shape index (κ1) is 11.3. The van der Waals surface area contributed by atoms with Crippen LogP contribution in [0.3, 0.4) is 0 Å². The normalized spacial score (nSPS) is 29.4. The quantitative estimate of drug-likeness (QED) is 0.764. The number of anilines is 1. The Bertz CT molecular complexity index is 392. The highest BCUT2D eigenvalue weighted by molar-refractivity contribution is 6.30. The van der Waals surface area contributed by atoms with Gasteiger partial charge in [0.1, 0.15) is 5.82 Å². The van der Waals surface area contributed by atoms with Crippen molar-refractivity contribution in [2.45, 2.75) is 31.8 Å². The van der Waals surface area contributed by atoms with Gasteiger partial charge in [-0.15, -0.1) is 0 Å². The zero-order valence-corrected chi connectivity index (χ0v) is 10.9. The molecule has 92 valence electrons. The molecule has 0 aromatic carbocycles. The van der Waals surface area contributed by atoms with Gasteiger partial charge in [-0.1, -0.05) is 11.6 Å². The van der Waals surface area contributed by atoms with Gasteiger partial charge in [-0.25, -0.2) is 4.98 Å². The van der Waals surface area contributed by atoms with Crippen LogP contribution >= 0.6 is 11.6 Å². The fourth-order valence-corrected chi connectivity index (χ4v) is 3.16. The molecule has 0 N–H and O–H groups in total. The second-order valence-electron chi connectivity index (χ2n) is 5.13. The molecule has 0 saturated carbocycles. The van der Waals surface area contributed by atoms with Crippen LogP contribution in [0.2, 0.25) is 5.02 Å². The Balaban J connectivity index is 1.80. The smallest absolute Gasteiger partial charge is 0.128 e. The highest BCUT2D eigenvalue weighted by Crippen LogP contribution is 2.27. The van der Waals surface area contributed by atoms with E-state index in [4.69, 9.17) is 11.6 Å². The third kappa shape index (κ3) is 2.14. The maximum Gasteiger partial charge on any atom is 0.128 e. The monoisotopic (exact) mass is 251 g/mol. The summed E-state index contributed by atoms with van der Waals surface area (Å²) in [5, 5.41) is 0.709. The summed E-state index contributed by atoms with van der Waals surface area (Å²) in [7, 11) is 0. The van der Waals surface area contributed by atoms with E-state index in [1.807, 2.05) is 12.1 Å². The highest BCUT2D eigenvalue weighted by atomic mass is 35.5. The summed E-state index contributed by atoms with van der Waals surface area (Å²) in [4.78, 5) is 9.48. The molecule has 0 amide bonds. The average molecular weight is 252 g/mol. The fraction of sp³-hybridized carbons (Fsp3) is 0.615. The number of nitrogens with zero attached hydrogens (tertiary/aromatic N) is 3. The Morgan fingerprint density at radius 2 is 2.24 bits per heavy atom. The van der Waals surface area contributed by atoms with Gasteiger partial charge in [0.2, 0.25) is 0 Å². The van der Waals surface area contributed by atoms with Crippen molar-refractivity contribution in [3.63, 3.8) is 0 Å². The number of hydrogen-bond donors (Lipinski definition) is 0. The van der Waals surface area contributed by atoms with Crippen LogP contribution in [0.4, 0.5) is 5.82 Å². The van der Waals surface area contributed by atoms with E-state index >= 15 is 0 Å². The van der Waals surface area contributed by atoms with Gasteiger partial charge in [0.05, 0.1) is 5.02 Å². The van der Waals surface area contributed by atoms with Crippen molar-refractivity contribution in [1.82, 2.24) is 9.88 Å². The minimum absolute atomic E-state index is 0.540. The molecule has 2 unspecified atom stereocenters. The molecular formula is C13H18ClN3. The van der Waals surface area contributed by atoms with E-state index in [2.05, 4.69) is 21.7 Å². The highest BCUT2D eigenvalue weighted by Gasteiger charge is 2.34. The topological polar surface area (TPSA) is 19.4 Å². The molecule has 0 bridgehead atoms. The molecule has 3 heterocycles. The van der Waals surface area contributed by atoms with Gasteiger partial charge >= 0.3 is 0 Å². The van der Waals surface area contributed by atoms with Crippen molar-refractivity contribution in [1.29, 1.82) is 0 Å². The molecule has 1 aromatic rings. The van der Waals surface area contributed by atoms with Gasteiger partial charge in [-0.05, 0) is 38.4 Å².